The summed E-state index contributed by atoms with van der Waals surface area (Å²) in [6.07, 6.45) is -5.56. The Morgan fingerprint density at radius 3 is 2.50 bits per heavy atom. The molecule has 0 aliphatic carbocycles. The number of nitrogens with zero attached hydrogens (tertiary/aromatic N) is 2. The second-order valence-corrected chi connectivity index (χ2v) is 7.29. The first-order valence-corrected chi connectivity index (χ1v) is 8.94. The first-order chi connectivity index (χ1) is 12.0. The highest BCUT2D eigenvalue weighted by Crippen LogP contribution is 2.33. The van der Waals surface area contributed by atoms with Gasteiger partial charge in [-0.1, -0.05) is 11.6 Å². The van der Waals surface area contributed by atoms with Gasteiger partial charge >= 0.3 is 6.18 Å². The van der Waals surface area contributed by atoms with Crippen LogP contribution in [-0.2, 0) is 10.0 Å². The molecular formula is C14H14ClF3N4O3S. The molecule has 0 spiro atoms. The summed E-state index contributed by atoms with van der Waals surface area (Å²) in [6.45, 7) is 0.837. The van der Waals surface area contributed by atoms with Crippen molar-refractivity contribution >= 4 is 33.1 Å². The maximum Gasteiger partial charge on any atom is 0.425 e. The number of anilines is 2. The highest BCUT2D eigenvalue weighted by molar-refractivity contribution is 7.89. The molecular weight excluding hydrogens is 397 g/mol. The van der Waals surface area contributed by atoms with Gasteiger partial charge in [-0.25, -0.2) is 23.1 Å². The lowest BCUT2D eigenvalue weighted by Crippen LogP contribution is -2.31. The average Bonchev–Trinajstić information content (AvgIpc) is 2.55. The van der Waals surface area contributed by atoms with Gasteiger partial charge in [0.1, 0.15) is 23.0 Å². The third kappa shape index (κ3) is 4.96. The summed E-state index contributed by atoms with van der Waals surface area (Å²) in [5, 5.41) is 2.78. The van der Waals surface area contributed by atoms with Crippen LogP contribution in [0.15, 0.2) is 35.5 Å². The van der Waals surface area contributed by atoms with Crippen molar-refractivity contribution in [1.29, 1.82) is 0 Å². The van der Waals surface area contributed by atoms with E-state index in [1.165, 1.54) is 13.1 Å². The molecule has 2 aromatic rings. The fourth-order valence-corrected chi connectivity index (χ4v) is 2.69. The van der Waals surface area contributed by atoms with Crippen LogP contribution in [0.2, 0.25) is 5.15 Å². The highest BCUT2D eigenvalue weighted by atomic mass is 35.5. The Hall–Kier alpha value is -2.11. The summed E-state index contributed by atoms with van der Waals surface area (Å²) < 4.78 is 69.3. The number of nitrogens with one attached hydrogen (secondary N) is 2. The molecule has 0 aliphatic heterocycles. The van der Waals surface area contributed by atoms with Gasteiger partial charge in [0, 0.05) is 6.07 Å². The minimum Gasteiger partial charge on any atom is -0.479 e. The van der Waals surface area contributed by atoms with Crippen molar-refractivity contribution in [2.24, 2.45) is 0 Å². The summed E-state index contributed by atoms with van der Waals surface area (Å²) >= 11 is 5.74. The molecule has 12 heteroatoms. The van der Waals surface area contributed by atoms with Crippen LogP contribution in [0.4, 0.5) is 24.7 Å². The normalized spacial score (nSPS) is 13.3. The molecule has 1 heterocycles. The van der Waals surface area contributed by atoms with Gasteiger partial charge in [0.2, 0.25) is 10.0 Å². The van der Waals surface area contributed by atoms with E-state index in [2.05, 4.69) is 20.0 Å². The largest absolute Gasteiger partial charge is 0.479 e. The molecule has 0 bridgehead atoms. The highest BCUT2D eigenvalue weighted by Gasteiger charge is 2.38. The van der Waals surface area contributed by atoms with Crippen molar-refractivity contribution in [3.05, 3.63) is 35.7 Å². The van der Waals surface area contributed by atoms with Crippen LogP contribution in [0.3, 0.4) is 0 Å². The van der Waals surface area contributed by atoms with E-state index in [0.29, 0.717) is 0 Å². The minimum absolute atomic E-state index is 0.0350. The van der Waals surface area contributed by atoms with Crippen molar-refractivity contribution in [1.82, 2.24) is 14.7 Å². The first kappa shape index (κ1) is 20.2. The summed E-state index contributed by atoms with van der Waals surface area (Å²) in [7, 11) is -2.61. The zero-order chi connectivity index (χ0) is 19.5. The number of hydrogen-bond acceptors (Lipinski definition) is 6. The van der Waals surface area contributed by atoms with E-state index in [9.17, 15) is 21.6 Å². The second-order valence-electron chi connectivity index (χ2n) is 5.02. The van der Waals surface area contributed by atoms with Gasteiger partial charge < -0.3 is 10.1 Å². The molecule has 1 unspecified atom stereocenters. The fraction of sp³-hybridized carbons (Fsp3) is 0.286. The van der Waals surface area contributed by atoms with Gasteiger partial charge in [-0.05, 0) is 32.2 Å². The lowest BCUT2D eigenvalue weighted by atomic mass is 10.2. The smallest absolute Gasteiger partial charge is 0.425 e. The van der Waals surface area contributed by atoms with E-state index in [-0.39, 0.29) is 27.3 Å². The van der Waals surface area contributed by atoms with Gasteiger partial charge in [-0.2, -0.15) is 13.2 Å². The molecule has 0 amide bonds. The summed E-state index contributed by atoms with van der Waals surface area (Å²) in [5.74, 6) is -0.0619. The van der Waals surface area contributed by atoms with Crippen LogP contribution in [0.25, 0.3) is 0 Å². The summed E-state index contributed by atoms with van der Waals surface area (Å²) in [5.41, 5.74) is -0.0350. The quantitative estimate of drug-likeness (QED) is 0.711. The molecule has 0 aliphatic rings. The molecule has 0 saturated carbocycles. The van der Waals surface area contributed by atoms with E-state index >= 15 is 0 Å². The molecule has 0 radical (unpaired) electrons. The van der Waals surface area contributed by atoms with Gasteiger partial charge in [0.15, 0.2) is 6.10 Å². The molecule has 7 nitrogen and oxygen atoms in total. The van der Waals surface area contributed by atoms with Crippen molar-refractivity contribution in [2.75, 3.05) is 12.4 Å². The maximum atomic E-state index is 12.8. The fourth-order valence-electron chi connectivity index (χ4n) is 1.79. The van der Waals surface area contributed by atoms with E-state index in [0.717, 1.165) is 31.5 Å². The Labute approximate surface area is 152 Å². The van der Waals surface area contributed by atoms with Crippen LogP contribution >= 0.6 is 11.6 Å². The predicted octanol–water partition coefficient (Wildman–Crippen LogP) is 3.11. The molecule has 142 valence electrons. The number of rotatable bonds is 6. The van der Waals surface area contributed by atoms with Crippen LogP contribution in [0.1, 0.15) is 6.92 Å². The van der Waals surface area contributed by atoms with Gasteiger partial charge in [0.25, 0.3) is 0 Å². The lowest BCUT2D eigenvalue weighted by molar-refractivity contribution is -0.189. The number of benzene rings is 1. The third-order valence-corrected chi connectivity index (χ3v) is 4.81. The SMILES string of the molecule is CNS(=O)(=O)c1ccc(OC(C)C(F)(F)F)c(Nc2cc(Cl)ncn2)c1. The Morgan fingerprint density at radius 1 is 1.23 bits per heavy atom. The summed E-state index contributed by atoms with van der Waals surface area (Å²) in [6, 6.07) is 4.69. The number of hydrogen-bond donors (Lipinski definition) is 2. The number of alkyl halides is 3. The average molecular weight is 411 g/mol. The molecule has 26 heavy (non-hydrogen) atoms. The van der Waals surface area contributed by atoms with Gasteiger partial charge in [0.05, 0.1) is 10.6 Å². The lowest BCUT2D eigenvalue weighted by Gasteiger charge is -2.20. The number of sulfonamides is 1. The van der Waals surface area contributed by atoms with Crippen LogP contribution in [0, 0.1) is 0 Å². The monoisotopic (exact) mass is 410 g/mol. The van der Waals surface area contributed by atoms with E-state index in [1.54, 1.807) is 0 Å². The van der Waals surface area contributed by atoms with Crippen molar-refractivity contribution in [3.63, 3.8) is 0 Å². The van der Waals surface area contributed by atoms with Gasteiger partial charge in [-0.15, -0.1) is 0 Å². The third-order valence-electron chi connectivity index (χ3n) is 3.19. The van der Waals surface area contributed by atoms with Crippen LogP contribution in [0.5, 0.6) is 5.75 Å². The maximum absolute atomic E-state index is 12.8. The van der Waals surface area contributed by atoms with Crippen molar-refractivity contribution in [2.45, 2.75) is 24.1 Å². The minimum atomic E-state index is -4.59. The molecule has 1 atom stereocenters. The van der Waals surface area contributed by atoms with Gasteiger partial charge in [-0.3, -0.25) is 0 Å². The van der Waals surface area contributed by atoms with Crippen LogP contribution in [-0.4, -0.2) is 37.7 Å². The van der Waals surface area contributed by atoms with Crippen LogP contribution < -0.4 is 14.8 Å². The Bertz CT molecular complexity index is 893. The topological polar surface area (TPSA) is 93.2 Å². The standard InChI is InChI=1S/C14H14ClF3N4O3S/c1-8(14(16,17)18)25-11-4-3-9(26(23,24)19-2)5-10(11)22-13-6-12(15)20-7-21-13/h3-8,19H,1-2H3,(H,20,21,22). The number of halogens is 4. The first-order valence-electron chi connectivity index (χ1n) is 7.08. The van der Waals surface area contributed by atoms with Crippen molar-refractivity contribution < 1.29 is 26.3 Å². The Balaban J connectivity index is 2.46. The van der Waals surface area contributed by atoms with E-state index in [1.807, 2.05) is 0 Å². The zero-order valence-corrected chi connectivity index (χ0v) is 15.1. The van der Waals surface area contributed by atoms with Crippen molar-refractivity contribution in [3.8, 4) is 5.75 Å². The molecule has 1 aromatic heterocycles. The molecule has 2 N–H and O–H groups in total. The molecule has 0 fully saturated rings. The van der Waals surface area contributed by atoms with E-state index < -0.39 is 22.3 Å². The molecule has 2 rings (SSSR count). The Kier molecular flexibility index (Phi) is 5.94. The predicted molar refractivity (Wildman–Crippen MR) is 89.2 cm³/mol. The van der Waals surface area contributed by atoms with E-state index in [4.69, 9.17) is 16.3 Å². The summed E-state index contributed by atoms with van der Waals surface area (Å²) in [4.78, 5) is 7.38. The number of aromatic nitrogens is 2. The molecule has 1 aromatic carbocycles. The zero-order valence-electron chi connectivity index (χ0n) is 13.5. The Morgan fingerprint density at radius 2 is 1.92 bits per heavy atom. The number of ether oxygens (including phenoxy) is 1. The molecule has 0 saturated heterocycles. The second kappa shape index (κ2) is 7.64.